The third-order valence-corrected chi connectivity index (χ3v) is 3.70. The van der Waals surface area contributed by atoms with E-state index in [9.17, 15) is 4.79 Å². The first-order chi connectivity index (χ1) is 9.37. The largest absolute Gasteiger partial charge is 0.478 e. The number of amides is 1. The molecule has 0 aliphatic carbocycles. The highest BCUT2D eigenvalue weighted by molar-refractivity contribution is 7.13. The number of ether oxygens (including phenoxy) is 1. The zero-order valence-corrected chi connectivity index (χ0v) is 13.0. The van der Waals surface area contributed by atoms with E-state index in [0.29, 0.717) is 15.9 Å². The summed E-state index contributed by atoms with van der Waals surface area (Å²) in [6.45, 7) is 5.29. The van der Waals surface area contributed by atoms with Crippen molar-refractivity contribution in [1.29, 1.82) is 0 Å². The van der Waals surface area contributed by atoms with Crippen LogP contribution in [0.2, 0.25) is 5.02 Å². The van der Waals surface area contributed by atoms with Gasteiger partial charge in [0, 0.05) is 10.4 Å². The van der Waals surface area contributed by atoms with E-state index in [-0.39, 0.29) is 5.91 Å². The number of aromatic nitrogens is 1. The number of carbonyl (C=O) groups excluding carboxylic acids is 1. The van der Waals surface area contributed by atoms with Crippen LogP contribution in [0.15, 0.2) is 29.6 Å². The Morgan fingerprint density at radius 1 is 1.35 bits per heavy atom. The second kappa shape index (κ2) is 5.81. The summed E-state index contributed by atoms with van der Waals surface area (Å²) in [6, 6.07) is 6.89. The number of nitrogens with zero attached hydrogens (tertiary/aromatic N) is 1. The van der Waals surface area contributed by atoms with Gasteiger partial charge in [-0.1, -0.05) is 11.6 Å². The van der Waals surface area contributed by atoms with E-state index in [1.807, 2.05) is 12.3 Å². The number of rotatable bonds is 4. The molecule has 0 atom stereocenters. The molecule has 1 N–H and O–H groups in total. The average Bonchev–Trinajstić information content (AvgIpc) is 2.77. The van der Waals surface area contributed by atoms with Crippen LogP contribution in [0.3, 0.4) is 0 Å². The van der Waals surface area contributed by atoms with Gasteiger partial charge in [0.2, 0.25) is 0 Å². The lowest BCUT2D eigenvalue weighted by Crippen LogP contribution is -2.42. The minimum absolute atomic E-state index is 0.248. The summed E-state index contributed by atoms with van der Waals surface area (Å²) in [7, 11) is 0. The molecule has 6 heteroatoms. The first kappa shape index (κ1) is 14.8. The summed E-state index contributed by atoms with van der Waals surface area (Å²) in [5.74, 6) is 0.340. The first-order valence-corrected chi connectivity index (χ1v) is 7.31. The van der Waals surface area contributed by atoms with Gasteiger partial charge in [0.15, 0.2) is 10.7 Å². The molecule has 1 aromatic heterocycles. The summed E-state index contributed by atoms with van der Waals surface area (Å²) in [5.41, 5.74) is -0.130. The van der Waals surface area contributed by atoms with Gasteiger partial charge in [0.25, 0.3) is 5.91 Å². The molecule has 1 heterocycles. The molecule has 2 rings (SSSR count). The van der Waals surface area contributed by atoms with Crippen LogP contribution in [0.4, 0.5) is 5.13 Å². The average molecular weight is 311 g/mol. The molecule has 0 unspecified atom stereocenters. The molecule has 1 aromatic carbocycles. The summed E-state index contributed by atoms with van der Waals surface area (Å²) in [5, 5.41) is 5.82. The Bertz CT molecular complexity index is 608. The molecule has 106 valence electrons. The van der Waals surface area contributed by atoms with Gasteiger partial charge >= 0.3 is 0 Å². The number of nitrogens with one attached hydrogen (secondary N) is 1. The molecule has 0 spiro atoms. The molecule has 0 fully saturated rings. The molecule has 0 aliphatic heterocycles. The van der Waals surface area contributed by atoms with Crippen molar-refractivity contribution in [1.82, 2.24) is 4.98 Å². The van der Waals surface area contributed by atoms with Gasteiger partial charge in [0.05, 0.1) is 5.69 Å². The van der Waals surface area contributed by atoms with Gasteiger partial charge in [-0.15, -0.1) is 11.3 Å². The maximum absolute atomic E-state index is 12.2. The first-order valence-electron chi connectivity index (χ1n) is 6.05. The lowest BCUT2D eigenvalue weighted by molar-refractivity contribution is -0.128. The number of hydrogen-bond acceptors (Lipinski definition) is 4. The molecular weight excluding hydrogens is 296 g/mol. The Hall–Kier alpha value is -1.59. The molecule has 0 bridgehead atoms. The van der Waals surface area contributed by atoms with E-state index < -0.39 is 5.60 Å². The van der Waals surface area contributed by atoms with Crippen LogP contribution in [0.5, 0.6) is 5.75 Å². The molecule has 0 radical (unpaired) electrons. The van der Waals surface area contributed by atoms with Crippen molar-refractivity contribution in [3.63, 3.8) is 0 Å². The van der Waals surface area contributed by atoms with Crippen molar-refractivity contribution in [2.24, 2.45) is 0 Å². The molecule has 1 amide bonds. The fourth-order valence-electron chi connectivity index (χ4n) is 1.50. The fourth-order valence-corrected chi connectivity index (χ4v) is 2.31. The van der Waals surface area contributed by atoms with Crippen molar-refractivity contribution in [3.8, 4) is 5.75 Å². The van der Waals surface area contributed by atoms with E-state index in [0.717, 1.165) is 5.69 Å². The quantitative estimate of drug-likeness (QED) is 0.931. The molecular formula is C14H15ClN2O2S. The molecule has 2 aromatic rings. The number of thiazole rings is 1. The maximum Gasteiger partial charge on any atom is 0.269 e. The predicted octanol–water partition coefficient (Wildman–Crippen LogP) is 3.90. The second-order valence-electron chi connectivity index (χ2n) is 4.81. The van der Waals surface area contributed by atoms with Crippen molar-refractivity contribution >= 4 is 34.0 Å². The van der Waals surface area contributed by atoms with Crippen LogP contribution >= 0.6 is 22.9 Å². The maximum atomic E-state index is 12.2. The number of halogens is 1. The number of benzene rings is 1. The Labute approximate surface area is 126 Å². The van der Waals surface area contributed by atoms with E-state index in [1.54, 1.807) is 38.1 Å². The molecule has 0 saturated carbocycles. The number of aryl methyl sites for hydroxylation is 1. The minimum atomic E-state index is -1.01. The van der Waals surface area contributed by atoms with Crippen LogP contribution in [0.1, 0.15) is 19.5 Å². The molecule has 0 saturated heterocycles. The van der Waals surface area contributed by atoms with Crippen LogP contribution in [-0.4, -0.2) is 16.5 Å². The molecule has 4 nitrogen and oxygen atoms in total. The monoisotopic (exact) mass is 310 g/mol. The summed E-state index contributed by atoms with van der Waals surface area (Å²) in [4.78, 5) is 16.4. The lowest BCUT2D eigenvalue weighted by atomic mass is 10.1. The number of carbonyl (C=O) groups is 1. The highest BCUT2D eigenvalue weighted by Crippen LogP contribution is 2.23. The minimum Gasteiger partial charge on any atom is -0.478 e. The third-order valence-electron chi connectivity index (χ3n) is 2.57. The Morgan fingerprint density at radius 3 is 2.55 bits per heavy atom. The SMILES string of the molecule is Cc1csc(NC(=O)C(C)(C)Oc2ccc(Cl)cc2)n1. The summed E-state index contributed by atoms with van der Waals surface area (Å²) < 4.78 is 5.70. The van der Waals surface area contributed by atoms with Gasteiger partial charge in [-0.25, -0.2) is 4.98 Å². The van der Waals surface area contributed by atoms with Crippen molar-refractivity contribution in [3.05, 3.63) is 40.4 Å². The fraction of sp³-hybridized carbons (Fsp3) is 0.286. The predicted molar refractivity (Wildman–Crippen MR) is 81.6 cm³/mol. The number of anilines is 1. The van der Waals surface area contributed by atoms with E-state index in [2.05, 4.69) is 10.3 Å². The van der Waals surface area contributed by atoms with E-state index >= 15 is 0 Å². The van der Waals surface area contributed by atoms with Gasteiger partial charge in [-0.05, 0) is 45.0 Å². The smallest absolute Gasteiger partial charge is 0.269 e. The van der Waals surface area contributed by atoms with Crippen molar-refractivity contribution in [2.45, 2.75) is 26.4 Å². The van der Waals surface area contributed by atoms with Crippen molar-refractivity contribution < 1.29 is 9.53 Å². The Morgan fingerprint density at radius 2 is 2.00 bits per heavy atom. The third kappa shape index (κ3) is 3.71. The van der Waals surface area contributed by atoms with Gasteiger partial charge in [-0.3, -0.25) is 10.1 Å². The second-order valence-corrected chi connectivity index (χ2v) is 6.11. The Kier molecular flexibility index (Phi) is 4.30. The lowest BCUT2D eigenvalue weighted by Gasteiger charge is -2.24. The van der Waals surface area contributed by atoms with E-state index in [4.69, 9.17) is 16.3 Å². The Balaban J connectivity index is 2.05. The van der Waals surface area contributed by atoms with Gasteiger partial charge < -0.3 is 4.74 Å². The van der Waals surface area contributed by atoms with Crippen LogP contribution in [0, 0.1) is 6.92 Å². The van der Waals surface area contributed by atoms with E-state index in [1.165, 1.54) is 11.3 Å². The summed E-state index contributed by atoms with van der Waals surface area (Å²) in [6.07, 6.45) is 0. The molecule has 20 heavy (non-hydrogen) atoms. The summed E-state index contributed by atoms with van der Waals surface area (Å²) >= 11 is 7.20. The highest BCUT2D eigenvalue weighted by Gasteiger charge is 2.30. The number of hydrogen-bond donors (Lipinski definition) is 1. The van der Waals surface area contributed by atoms with Gasteiger partial charge in [0.1, 0.15) is 5.75 Å². The van der Waals surface area contributed by atoms with Crippen LogP contribution in [-0.2, 0) is 4.79 Å². The van der Waals surface area contributed by atoms with Gasteiger partial charge in [-0.2, -0.15) is 0 Å². The standard InChI is InChI=1S/C14H15ClN2O2S/c1-9-8-20-13(16-9)17-12(18)14(2,3)19-11-6-4-10(15)5-7-11/h4-8H,1-3H3,(H,16,17,18). The van der Waals surface area contributed by atoms with Crippen LogP contribution < -0.4 is 10.1 Å². The van der Waals surface area contributed by atoms with Crippen LogP contribution in [0.25, 0.3) is 0 Å². The molecule has 0 aliphatic rings. The zero-order chi connectivity index (χ0) is 14.8. The normalized spacial score (nSPS) is 11.2. The highest BCUT2D eigenvalue weighted by atomic mass is 35.5. The zero-order valence-electron chi connectivity index (χ0n) is 11.4. The topological polar surface area (TPSA) is 51.2 Å². The van der Waals surface area contributed by atoms with Crippen molar-refractivity contribution in [2.75, 3.05) is 5.32 Å².